The van der Waals surface area contributed by atoms with E-state index in [1.165, 1.54) is 6.33 Å². The van der Waals surface area contributed by atoms with Crippen LogP contribution in [-0.4, -0.2) is 66.9 Å². The number of carbonyl (C=O) groups excluding carboxylic acids is 2. The normalized spacial score (nSPS) is 13.6. The minimum Gasteiger partial charge on any atom is -0.394 e. The summed E-state index contributed by atoms with van der Waals surface area (Å²) in [6, 6.07) is 6.66. The third-order valence-corrected chi connectivity index (χ3v) is 5.44. The summed E-state index contributed by atoms with van der Waals surface area (Å²) in [5.74, 6) is 0.421. The van der Waals surface area contributed by atoms with Gasteiger partial charge in [-0.1, -0.05) is 6.07 Å². The zero-order valence-electron chi connectivity index (χ0n) is 18.4. The molecule has 0 saturated carbocycles. The van der Waals surface area contributed by atoms with E-state index in [4.69, 9.17) is 4.74 Å². The number of rotatable bonds is 8. The van der Waals surface area contributed by atoms with Gasteiger partial charge in [-0.3, -0.25) is 14.6 Å². The molecule has 33 heavy (non-hydrogen) atoms. The summed E-state index contributed by atoms with van der Waals surface area (Å²) in [4.78, 5) is 35.5. The predicted molar refractivity (Wildman–Crippen MR) is 118 cm³/mol. The van der Waals surface area contributed by atoms with Gasteiger partial charge in [0.2, 0.25) is 5.91 Å². The number of aromatic nitrogens is 5. The number of fused-ring (bicyclic) bond motifs is 1. The molecule has 0 fully saturated rings. The number of anilines is 1. The zero-order chi connectivity index (χ0) is 23.4. The van der Waals surface area contributed by atoms with Crippen LogP contribution in [0.3, 0.4) is 0 Å². The molecule has 3 aromatic heterocycles. The Morgan fingerprint density at radius 2 is 2.09 bits per heavy atom. The number of aliphatic hydroxyl groups is 1. The van der Waals surface area contributed by atoms with Gasteiger partial charge in [-0.15, -0.1) is 10.2 Å². The zero-order valence-corrected chi connectivity index (χ0v) is 18.4. The van der Waals surface area contributed by atoms with Crippen LogP contribution in [0.5, 0.6) is 0 Å². The summed E-state index contributed by atoms with van der Waals surface area (Å²) < 4.78 is 6.69. The van der Waals surface area contributed by atoms with Crippen LogP contribution in [0.2, 0.25) is 0 Å². The quantitative estimate of drug-likeness (QED) is 0.525. The van der Waals surface area contributed by atoms with Gasteiger partial charge in [-0.05, 0) is 36.2 Å². The molecule has 1 atom stereocenters. The van der Waals surface area contributed by atoms with E-state index in [9.17, 15) is 14.7 Å². The van der Waals surface area contributed by atoms with Crippen molar-refractivity contribution in [2.45, 2.75) is 32.5 Å². The number of nitrogens with one attached hydrogen (secondary N) is 1. The Bertz CT molecular complexity index is 1160. The number of hydrogen-bond donors (Lipinski definition) is 2. The van der Waals surface area contributed by atoms with Crippen molar-refractivity contribution in [3.8, 4) is 11.5 Å². The van der Waals surface area contributed by atoms with Crippen molar-refractivity contribution in [2.75, 3.05) is 25.6 Å². The van der Waals surface area contributed by atoms with E-state index in [0.29, 0.717) is 43.5 Å². The molecule has 172 valence electrons. The van der Waals surface area contributed by atoms with E-state index >= 15 is 0 Å². The van der Waals surface area contributed by atoms with Crippen LogP contribution in [0.4, 0.5) is 5.82 Å². The molecule has 0 saturated heterocycles. The summed E-state index contributed by atoms with van der Waals surface area (Å²) in [7, 11) is 1.56. The molecular formula is C22H25N7O4. The largest absolute Gasteiger partial charge is 0.394 e. The van der Waals surface area contributed by atoms with Crippen molar-refractivity contribution in [1.29, 1.82) is 0 Å². The first kappa shape index (κ1) is 22.5. The molecule has 0 radical (unpaired) electrons. The highest BCUT2D eigenvalue weighted by Gasteiger charge is 2.25. The van der Waals surface area contributed by atoms with Gasteiger partial charge < -0.3 is 24.6 Å². The maximum absolute atomic E-state index is 12.8. The van der Waals surface area contributed by atoms with E-state index in [2.05, 4.69) is 25.5 Å². The Labute approximate surface area is 190 Å². The number of nitrogens with zero attached hydrogens (tertiary/aromatic N) is 6. The lowest BCUT2D eigenvalue weighted by molar-refractivity contribution is -0.132. The minimum atomic E-state index is -0.406. The van der Waals surface area contributed by atoms with E-state index < -0.39 is 5.91 Å². The smallest absolute Gasteiger partial charge is 0.275 e. The van der Waals surface area contributed by atoms with Gasteiger partial charge in [0.25, 0.3) is 5.91 Å². The molecule has 2 N–H and O–H groups in total. The minimum absolute atomic E-state index is 0.00318. The number of hydrogen-bond acceptors (Lipinski definition) is 8. The Balaban J connectivity index is 1.47. The van der Waals surface area contributed by atoms with Gasteiger partial charge in [-0.2, -0.15) is 0 Å². The number of aliphatic hydroxyl groups excluding tert-OH is 1. The molecule has 4 heterocycles. The highest BCUT2D eigenvalue weighted by atomic mass is 16.5. The maximum Gasteiger partial charge on any atom is 0.275 e. The number of ether oxygens (including phenoxy) is 1. The third-order valence-electron chi connectivity index (χ3n) is 5.44. The predicted octanol–water partition coefficient (Wildman–Crippen LogP) is 1.42. The SMILES string of the molecule is COCCC(=O)N1Cc2cnc(C(=O)Nc3cccc(-c4nncn4[C@H](C)CO)n3)cc2C1. The Hall–Kier alpha value is -3.70. The summed E-state index contributed by atoms with van der Waals surface area (Å²) in [6.45, 7) is 3.06. The van der Waals surface area contributed by atoms with Crippen LogP contribution in [0.1, 0.15) is 41.0 Å². The van der Waals surface area contributed by atoms with Crippen molar-refractivity contribution >= 4 is 17.6 Å². The van der Waals surface area contributed by atoms with Gasteiger partial charge in [0, 0.05) is 26.4 Å². The van der Waals surface area contributed by atoms with Crippen LogP contribution < -0.4 is 5.32 Å². The van der Waals surface area contributed by atoms with Gasteiger partial charge in [0.1, 0.15) is 23.5 Å². The maximum atomic E-state index is 12.8. The average molecular weight is 451 g/mol. The lowest BCUT2D eigenvalue weighted by atomic mass is 10.1. The first-order chi connectivity index (χ1) is 16.0. The fourth-order valence-electron chi connectivity index (χ4n) is 3.58. The molecule has 11 nitrogen and oxygen atoms in total. The first-order valence-corrected chi connectivity index (χ1v) is 10.5. The van der Waals surface area contributed by atoms with E-state index in [-0.39, 0.29) is 24.2 Å². The topological polar surface area (TPSA) is 135 Å². The fourth-order valence-corrected chi connectivity index (χ4v) is 3.58. The highest BCUT2D eigenvalue weighted by molar-refractivity contribution is 6.02. The number of amides is 2. The lowest BCUT2D eigenvalue weighted by Crippen LogP contribution is -2.26. The van der Waals surface area contributed by atoms with E-state index in [1.54, 1.807) is 47.0 Å². The van der Waals surface area contributed by atoms with Gasteiger partial charge in [0.15, 0.2) is 5.82 Å². The summed E-state index contributed by atoms with van der Waals surface area (Å²) in [5, 5.41) is 20.2. The van der Waals surface area contributed by atoms with Crippen LogP contribution >= 0.6 is 0 Å². The van der Waals surface area contributed by atoms with Gasteiger partial charge in [0.05, 0.1) is 25.7 Å². The second-order valence-corrected chi connectivity index (χ2v) is 7.79. The van der Waals surface area contributed by atoms with Crippen molar-refractivity contribution in [3.63, 3.8) is 0 Å². The Morgan fingerprint density at radius 3 is 2.88 bits per heavy atom. The average Bonchev–Trinajstić information content (AvgIpc) is 3.49. The molecule has 0 unspecified atom stereocenters. The van der Waals surface area contributed by atoms with Crippen molar-refractivity contribution in [1.82, 2.24) is 29.6 Å². The monoisotopic (exact) mass is 451 g/mol. The summed E-state index contributed by atoms with van der Waals surface area (Å²) in [5.41, 5.74) is 2.57. The van der Waals surface area contributed by atoms with Crippen LogP contribution in [0.25, 0.3) is 11.5 Å². The van der Waals surface area contributed by atoms with E-state index in [0.717, 1.165) is 11.1 Å². The molecule has 3 aromatic rings. The molecule has 0 aliphatic carbocycles. The molecule has 0 spiro atoms. The van der Waals surface area contributed by atoms with Gasteiger partial charge >= 0.3 is 0 Å². The highest BCUT2D eigenvalue weighted by Crippen LogP contribution is 2.24. The molecule has 1 aliphatic rings. The Morgan fingerprint density at radius 1 is 1.27 bits per heavy atom. The van der Waals surface area contributed by atoms with Gasteiger partial charge in [-0.25, -0.2) is 4.98 Å². The third kappa shape index (κ3) is 4.89. The molecule has 1 aliphatic heterocycles. The lowest BCUT2D eigenvalue weighted by Gasteiger charge is -2.14. The second-order valence-electron chi connectivity index (χ2n) is 7.79. The van der Waals surface area contributed by atoms with E-state index in [1.807, 2.05) is 6.92 Å². The second kappa shape index (κ2) is 9.84. The van der Waals surface area contributed by atoms with Crippen molar-refractivity contribution in [3.05, 3.63) is 53.6 Å². The fraction of sp³-hybridized carbons (Fsp3) is 0.364. The molecule has 2 amide bonds. The molecular weight excluding hydrogens is 426 g/mol. The summed E-state index contributed by atoms with van der Waals surface area (Å²) in [6.07, 6.45) is 3.48. The van der Waals surface area contributed by atoms with Crippen LogP contribution in [0.15, 0.2) is 36.8 Å². The number of methoxy groups -OCH3 is 1. The summed E-state index contributed by atoms with van der Waals surface area (Å²) >= 11 is 0. The number of pyridine rings is 2. The first-order valence-electron chi connectivity index (χ1n) is 10.5. The molecule has 0 bridgehead atoms. The molecule has 0 aromatic carbocycles. The van der Waals surface area contributed by atoms with Crippen LogP contribution in [0, 0.1) is 0 Å². The van der Waals surface area contributed by atoms with Crippen molar-refractivity contribution < 1.29 is 19.4 Å². The standard InChI is InChI=1S/C22H25N7O4/c1-14(12-30)29-13-24-27-21(29)17-4-3-5-19(25-17)26-22(32)18-8-15-10-28(11-16(15)9-23-18)20(31)6-7-33-2/h3-5,8-9,13-14,30H,6-7,10-12H2,1-2H3,(H,25,26,32)/t14-/m1/s1. The molecule has 4 rings (SSSR count). The Kier molecular flexibility index (Phi) is 6.71. The van der Waals surface area contributed by atoms with Crippen molar-refractivity contribution in [2.24, 2.45) is 0 Å². The van der Waals surface area contributed by atoms with Crippen LogP contribution in [-0.2, 0) is 22.6 Å². The number of carbonyl (C=O) groups is 2. The molecule has 11 heteroatoms.